The fraction of sp³-hybridized carbons (Fsp3) is 0.125. The molecule has 0 aliphatic carbocycles. The third-order valence-electron chi connectivity index (χ3n) is 5.22. The first kappa shape index (κ1) is 21.4. The standard InChI is InChI=1S/C24H20FN5OS2/c1-2-30-20-10-6-3-7-16(20)17-13-15(11-12-21(17)30)26-22(31)14-32-24-29-28-23(33-24)27-19-9-5-4-8-18(19)25/h3-13H,2,14H2,1H3,(H,26,31)(H,27,28). The molecule has 0 fully saturated rings. The van der Waals surface area contributed by atoms with Crippen LogP contribution in [-0.2, 0) is 11.3 Å². The van der Waals surface area contributed by atoms with Crippen LogP contribution in [0.2, 0.25) is 0 Å². The molecule has 2 aromatic heterocycles. The van der Waals surface area contributed by atoms with Crippen molar-refractivity contribution < 1.29 is 9.18 Å². The summed E-state index contributed by atoms with van der Waals surface area (Å²) in [5.41, 5.74) is 3.42. The molecule has 0 spiro atoms. The molecule has 0 radical (unpaired) electrons. The van der Waals surface area contributed by atoms with Crippen molar-refractivity contribution in [3.63, 3.8) is 0 Å². The number of benzene rings is 3. The Labute approximate surface area is 197 Å². The second-order valence-corrected chi connectivity index (χ2v) is 9.51. The van der Waals surface area contributed by atoms with Crippen molar-refractivity contribution in [3.05, 3.63) is 72.5 Å². The van der Waals surface area contributed by atoms with E-state index < -0.39 is 0 Å². The number of anilines is 3. The predicted octanol–water partition coefficient (Wildman–Crippen LogP) is 6.28. The summed E-state index contributed by atoms with van der Waals surface area (Å²) in [4.78, 5) is 12.5. The van der Waals surface area contributed by atoms with Crippen molar-refractivity contribution in [3.8, 4) is 0 Å². The Balaban J connectivity index is 1.25. The van der Waals surface area contributed by atoms with Crippen LogP contribution < -0.4 is 10.6 Å². The zero-order chi connectivity index (χ0) is 22.8. The Hall–Kier alpha value is -3.43. The summed E-state index contributed by atoms with van der Waals surface area (Å²) in [6.45, 7) is 3.01. The van der Waals surface area contributed by atoms with Crippen molar-refractivity contribution in [2.24, 2.45) is 0 Å². The lowest BCUT2D eigenvalue weighted by atomic mass is 10.1. The molecule has 6 nitrogen and oxygen atoms in total. The second kappa shape index (κ2) is 9.21. The van der Waals surface area contributed by atoms with Gasteiger partial charge >= 0.3 is 0 Å². The molecule has 0 saturated heterocycles. The Morgan fingerprint density at radius 2 is 1.82 bits per heavy atom. The average Bonchev–Trinajstić information content (AvgIpc) is 3.41. The summed E-state index contributed by atoms with van der Waals surface area (Å²) in [5.74, 6) is -0.291. The van der Waals surface area contributed by atoms with Crippen molar-refractivity contribution in [1.82, 2.24) is 14.8 Å². The maximum absolute atomic E-state index is 13.8. The number of hydrogen-bond donors (Lipinski definition) is 2. The lowest BCUT2D eigenvalue weighted by Gasteiger charge is -2.06. The monoisotopic (exact) mass is 477 g/mol. The van der Waals surface area contributed by atoms with Crippen LogP contribution in [-0.4, -0.2) is 26.4 Å². The van der Waals surface area contributed by atoms with E-state index in [9.17, 15) is 9.18 Å². The number of fused-ring (bicyclic) bond motifs is 3. The second-order valence-electron chi connectivity index (χ2n) is 7.31. The molecule has 2 N–H and O–H groups in total. The van der Waals surface area contributed by atoms with Crippen molar-refractivity contribution in [2.45, 2.75) is 17.8 Å². The SMILES string of the molecule is CCn1c2ccccc2c2cc(NC(=O)CSc3nnc(Nc4ccccc4F)s3)ccc21. The van der Waals surface area contributed by atoms with Gasteiger partial charge in [0.15, 0.2) is 4.34 Å². The molecule has 166 valence electrons. The first-order valence-corrected chi connectivity index (χ1v) is 12.2. The van der Waals surface area contributed by atoms with E-state index in [1.807, 2.05) is 30.3 Å². The smallest absolute Gasteiger partial charge is 0.234 e. The van der Waals surface area contributed by atoms with Gasteiger partial charge in [0.1, 0.15) is 5.82 Å². The highest BCUT2D eigenvalue weighted by atomic mass is 32.2. The van der Waals surface area contributed by atoms with Crippen LogP contribution in [0, 0.1) is 5.82 Å². The third kappa shape index (κ3) is 4.42. The van der Waals surface area contributed by atoms with Crippen LogP contribution in [0.1, 0.15) is 6.92 Å². The molecule has 0 unspecified atom stereocenters. The fourth-order valence-electron chi connectivity index (χ4n) is 3.79. The number of thioether (sulfide) groups is 1. The largest absolute Gasteiger partial charge is 0.341 e. The van der Waals surface area contributed by atoms with Gasteiger partial charge in [-0.15, -0.1) is 10.2 Å². The predicted molar refractivity (Wildman–Crippen MR) is 134 cm³/mol. The van der Waals surface area contributed by atoms with E-state index in [1.165, 1.54) is 40.1 Å². The number of halogens is 1. The molecule has 0 atom stereocenters. The minimum absolute atomic E-state index is 0.127. The minimum Gasteiger partial charge on any atom is -0.341 e. The van der Waals surface area contributed by atoms with Gasteiger partial charge in [0.25, 0.3) is 0 Å². The number of hydrogen-bond acceptors (Lipinski definition) is 6. The molecule has 33 heavy (non-hydrogen) atoms. The molecule has 5 aromatic rings. The van der Waals surface area contributed by atoms with Crippen LogP contribution in [0.3, 0.4) is 0 Å². The van der Waals surface area contributed by atoms with E-state index >= 15 is 0 Å². The number of para-hydroxylation sites is 2. The molecule has 0 aliphatic heterocycles. The van der Waals surface area contributed by atoms with Crippen molar-refractivity contribution in [1.29, 1.82) is 0 Å². The molecule has 1 amide bonds. The van der Waals surface area contributed by atoms with Gasteiger partial charge in [0, 0.05) is 34.0 Å². The summed E-state index contributed by atoms with van der Waals surface area (Å²) in [7, 11) is 0. The molecular weight excluding hydrogens is 457 g/mol. The molecule has 0 saturated carbocycles. The van der Waals surface area contributed by atoms with E-state index in [2.05, 4.69) is 44.5 Å². The number of aryl methyl sites for hydroxylation is 1. The summed E-state index contributed by atoms with van der Waals surface area (Å²) in [6, 6.07) is 20.7. The van der Waals surface area contributed by atoms with Gasteiger partial charge in [-0.1, -0.05) is 53.4 Å². The van der Waals surface area contributed by atoms with Crippen LogP contribution in [0.5, 0.6) is 0 Å². The maximum Gasteiger partial charge on any atom is 0.234 e. The molecule has 2 heterocycles. The molecule has 0 bridgehead atoms. The summed E-state index contributed by atoms with van der Waals surface area (Å²) >= 11 is 2.57. The normalized spacial score (nSPS) is 11.2. The number of carbonyl (C=O) groups is 1. The van der Waals surface area contributed by atoms with Gasteiger partial charge in [0.05, 0.1) is 11.4 Å². The van der Waals surface area contributed by atoms with E-state index in [0.717, 1.165) is 23.1 Å². The van der Waals surface area contributed by atoms with Gasteiger partial charge in [-0.2, -0.15) is 0 Å². The molecule has 0 aliphatic rings. The molecule has 5 rings (SSSR count). The van der Waals surface area contributed by atoms with Crippen molar-refractivity contribution in [2.75, 3.05) is 16.4 Å². The Morgan fingerprint density at radius 3 is 2.67 bits per heavy atom. The highest BCUT2D eigenvalue weighted by Crippen LogP contribution is 2.32. The van der Waals surface area contributed by atoms with Crippen LogP contribution in [0.4, 0.5) is 20.9 Å². The number of nitrogens with one attached hydrogen (secondary N) is 2. The highest BCUT2D eigenvalue weighted by molar-refractivity contribution is 8.01. The number of aromatic nitrogens is 3. The summed E-state index contributed by atoms with van der Waals surface area (Å²) < 4.78 is 16.7. The van der Waals surface area contributed by atoms with E-state index in [4.69, 9.17) is 0 Å². The van der Waals surface area contributed by atoms with Gasteiger partial charge in [-0.25, -0.2) is 4.39 Å². The fourth-order valence-corrected chi connectivity index (χ4v) is 5.36. The van der Waals surface area contributed by atoms with Crippen molar-refractivity contribution >= 4 is 67.3 Å². The Morgan fingerprint density at radius 1 is 1.03 bits per heavy atom. The van der Waals surface area contributed by atoms with Crippen LogP contribution >= 0.6 is 23.1 Å². The summed E-state index contributed by atoms with van der Waals surface area (Å²) in [5, 5.41) is 16.7. The number of rotatable bonds is 7. The van der Waals surface area contributed by atoms with E-state index in [0.29, 0.717) is 15.2 Å². The van der Waals surface area contributed by atoms with Crippen LogP contribution in [0.15, 0.2) is 71.1 Å². The van der Waals surface area contributed by atoms with Gasteiger partial charge in [-0.3, -0.25) is 4.79 Å². The first-order chi connectivity index (χ1) is 16.1. The first-order valence-electron chi connectivity index (χ1n) is 10.4. The minimum atomic E-state index is -0.361. The van der Waals surface area contributed by atoms with E-state index in [1.54, 1.807) is 18.2 Å². The number of amides is 1. The Kier molecular flexibility index (Phi) is 5.97. The topological polar surface area (TPSA) is 71.8 Å². The number of carbonyl (C=O) groups excluding carboxylic acids is 1. The third-order valence-corrected chi connectivity index (χ3v) is 7.19. The lowest BCUT2D eigenvalue weighted by Crippen LogP contribution is -2.13. The molecule has 9 heteroatoms. The highest BCUT2D eigenvalue weighted by Gasteiger charge is 2.13. The maximum atomic E-state index is 13.8. The molecule has 3 aromatic carbocycles. The van der Waals surface area contributed by atoms with Gasteiger partial charge in [-0.05, 0) is 43.3 Å². The van der Waals surface area contributed by atoms with Gasteiger partial charge < -0.3 is 15.2 Å². The van der Waals surface area contributed by atoms with E-state index in [-0.39, 0.29) is 17.5 Å². The summed E-state index contributed by atoms with van der Waals surface area (Å²) in [6.07, 6.45) is 0. The molecular formula is C24H20FN5OS2. The quantitative estimate of drug-likeness (QED) is 0.270. The zero-order valence-electron chi connectivity index (χ0n) is 17.7. The zero-order valence-corrected chi connectivity index (χ0v) is 19.3. The van der Waals surface area contributed by atoms with Crippen LogP contribution in [0.25, 0.3) is 21.8 Å². The number of nitrogens with zero attached hydrogens (tertiary/aromatic N) is 3. The van der Waals surface area contributed by atoms with Gasteiger partial charge in [0.2, 0.25) is 11.0 Å². The average molecular weight is 478 g/mol. The Bertz CT molecular complexity index is 1460. The lowest BCUT2D eigenvalue weighted by molar-refractivity contribution is -0.113.